The molecule has 1 aliphatic carbocycles. The van der Waals surface area contributed by atoms with Gasteiger partial charge in [0.15, 0.2) is 0 Å². The molecule has 1 aliphatic rings. The minimum absolute atomic E-state index is 0.0370. The normalized spacial score (nSPS) is 31.4. The van der Waals surface area contributed by atoms with Crippen molar-refractivity contribution < 1.29 is 5.11 Å². The minimum Gasteiger partial charge on any atom is -0.395 e. The number of allylic oxidation sites excluding steroid dienone is 2. The molecular weight excluding hydrogens is 232 g/mol. The number of aliphatic hydroxyl groups is 1. The molecule has 0 saturated heterocycles. The molecule has 2 rings (SSSR count). The van der Waals surface area contributed by atoms with Gasteiger partial charge in [0.1, 0.15) is 0 Å². The van der Waals surface area contributed by atoms with Crippen LogP contribution in [0, 0.1) is 11.3 Å². The number of aliphatic hydroxyl groups excluding tert-OH is 1. The Labute approximate surface area is 116 Å². The van der Waals surface area contributed by atoms with Crippen molar-refractivity contribution in [1.82, 2.24) is 0 Å². The monoisotopic (exact) mass is 256 g/mol. The second-order valence-corrected chi connectivity index (χ2v) is 5.94. The Morgan fingerprint density at radius 2 is 1.63 bits per heavy atom. The summed E-state index contributed by atoms with van der Waals surface area (Å²) in [6.45, 7) is 6.75. The van der Waals surface area contributed by atoms with Gasteiger partial charge in [-0.1, -0.05) is 81.8 Å². The lowest BCUT2D eigenvalue weighted by Gasteiger charge is -2.39. The predicted octanol–water partition coefficient (Wildman–Crippen LogP) is 4.10. The van der Waals surface area contributed by atoms with Crippen LogP contribution in [0.2, 0.25) is 0 Å². The van der Waals surface area contributed by atoms with Gasteiger partial charge in [0, 0.05) is 10.8 Å². The molecule has 102 valence electrons. The van der Waals surface area contributed by atoms with E-state index in [2.05, 4.69) is 75.4 Å². The molecule has 19 heavy (non-hydrogen) atoms. The van der Waals surface area contributed by atoms with Crippen LogP contribution in [0.1, 0.15) is 32.8 Å². The molecule has 1 nitrogen and oxygen atoms in total. The van der Waals surface area contributed by atoms with Crippen LogP contribution in [-0.4, -0.2) is 11.7 Å². The lowest BCUT2D eigenvalue weighted by Crippen LogP contribution is -2.33. The van der Waals surface area contributed by atoms with Crippen molar-refractivity contribution in [3.63, 3.8) is 0 Å². The summed E-state index contributed by atoms with van der Waals surface area (Å²) in [5.41, 5.74) is 1.08. The van der Waals surface area contributed by atoms with Crippen LogP contribution < -0.4 is 0 Å². The van der Waals surface area contributed by atoms with Gasteiger partial charge in [0.05, 0.1) is 6.61 Å². The molecule has 1 N–H and O–H groups in total. The van der Waals surface area contributed by atoms with Crippen LogP contribution in [0.3, 0.4) is 0 Å². The average Bonchev–Trinajstić information content (AvgIpc) is 2.48. The quantitative estimate of drug-likeness (QED) is 0.804. The summed E-state index contributed by atoms with van der Waals surface area (Å²) in [5.74, 6) is 0.533. The van der Waals surface area contributed by atoms with E-state index in [9.17, 15) is 5.11 Å². The van der Waals surface area contributed by atoms with Gasteiger partial charge in [-0.2, -0.15) is 0 Å². The van der Waals surface area contributed by atoms with Crippen LogP contribution in [0.15, 0.2) is 54.6 Å². The molecule has 0 spiro atoms. The molecule has 1 atom stereocenters. The number of rotatable bonds is 4. The zero-order chi connectivity index (χ0) is 13.9. The second kappa shape index (κ2) is 5.34. The number of hydrogen-bond donors (Lipinski definition) is 1. The van der Waals surface area contributed by atoms with E-state index in [1.54, 1.807) is 0 Å². The summed E-state index contributed by atoms with van der Waals surface area (Å²) in [4.78, 5) is 0. The van der Waals surface area contributed by atoms with Crippen LogP contribution in [0.4, 0.5) is 0 Å². The van der Waals surface area contributed by atoms with Crippen molar-refractivity contribution >= 4 is 0 Å². The van der Waals surface area contributed by atoms with Crippen LogP contribution in [0.5, 0.6) is 0 Å². The lowest BCUT2D eigenvalue weighted by molar-refractivity contribution is 0.215. The third-order valence-corrected chi connectivity index (χ3v) is 4.52. The highest BCUT2D eigenvalue weighted by Crippen LogP contribution is 2.42. The minimum atomic E-state index is -0.217. The summed E-state index contributed by atoms with van der Waals surface area (Å²) in [6.07, 6.45) is 10.0. The maximum atomic E-state index is 9.48. The van der Waals surface area contributed by atoms with Crippen molar-refractivity contribution in [3.05, 3.63) is 60.2 Å². The Bertz CT molecular complexity index is 456. The molecule has 0 bridgehead atoms. The molecule has 0 aromatic heterocycles. The molecule has 0 heterocycles. The molecule has 0 aliphatic heterocycles. The molecule has 1 heteroatoms. The molecular formula is C18H24O. The smallest absolute Gasteiger partial charge is 0.0554 e. The maximum Gasteiger partial charge on any atom is 0.0554 e. The van der Waals surface area contributed by atoms with E-state index in [1.807, 2.05) is 0 Å². The van der Waals surface area contributed by atoms with E-state index in [-0.39, 0.29) is 17.4 Å². The largest absolute Gasteiger partial charge is 0.395 e. The van der Waals surface area contributed by atoms with Gasteiger partial charge in [-0.3, -0.25) is 0 Å². The first kappa shape index (κ1) is 14.1. The molecule has 0 radical (unpaired) electrons. The van der Waals surface area contributed by atoms with Crippen LogP contribution in [0.25, 0.3) is 0 Å². The first-order valence-electron chi connectivity index (χ1n) is 7.13. The van der Waals surface area contributed by atoms with E-state index in [4.69, 9.17) is 0 Å². The molecule has 1 unspecified atom stereocenters. The average molecular weight is 256 g/mol. The van der Waals surface area contributed by atoms with E-state index in [0.717, 1.165) is 6.42 Å². The molecule has 0 amide bonds. The summed E-state index contributed by atoms with van der Waals surface area (Å²) in [5, 5.41) is 9.48. The van der Waals surface area contributed by atoms with Crippen molar-refractivity contribution in [2.24, 2.45) is 11.3 Å². The van der Waals surface area contributed by atoms with E-state index in [1.165, 1.54) is 5.56 Å². The zero-order valence-corrected chi connectivity index (χ0v) is 12.1. The van der Waals surface area contributed by atoms with Gasteiger partial charge in [-0.15, -0.1) is 0 Å². The highest BCUT2D eigenvalue weighted by Gasteiger charge is 2.36. The summed E-state index contributed by atoms with van der Waals surface area (Å²) >= 11 is 0. The highest BCUT2D eigenvalue weighted by molar-refractivity contribution is 5.42. The van der Waals surface area contributed by atoms with Crippen molar-refractivity contribution in [1.29, 1.82) is 0 Å². The zero-order valence-electron chi connectivity index (χ0n) is 12.1. The summed E-state index contributed by atoms with van der Waals surface area (Å²) in [7, 11) is 0. The van der Waals surface area contributed by atoms with Crippen LogP contribution >= 0.6 is 0 Å². The fourth-order valence-electron chi connectivity index (χ4n) is 2.74. The SMILES string of the molecule is CCC(C)C1(c2ccccc2)C=CC(C)(CO)C=C1. The fraction of sp³-hybridized carbons (Fsp3) is 0.444. The van der Waals surface area contributed by atoms with Crippen molar-refractivity contribution in [2.75, 3.05) is 6.61 Å². The second-order valence-electron chi connectivity index (χ2n) is 5.94. The van der Waals surface area contributed by atoms with Gasteiger partial charge in [-0.25, -0.2) is 0 Å². The van der Waals surface area contributed by atoms with Gasteiger partial charge >= 0.3 is 0 Å². The number of hydrogen-bond acceptors (Lipinski definition) is 1. The molecule has 0 fully saturated rings. The first-order chi connectivity index (χ1) is 9.06. The standard InChI is InChI=1S/C18H24O/c1-4-15(2)18(16-8-6-5-7-9-16)12-10-17(3,14-19)11-13-18/h5-13,15,19H,4,14H2,1-3H3. The van der Waals surface area contributed by atoms with Gasteiger partial charge < -0.3 is 5.11 Å². The Balaban J connectivity index is 2.46. The van der Waals surface area contributed by atoms with E-state index >= 15 is 0 Å². The third-order valence-electron chi connectivity index (χ3n) is 4.52. The van der Waals surface area contributed by atoms with Gasteiger partial charge in [0.25, 0.3) is 0 Å². The van der Waals surface area contributed by atoms with Gasteiger partial charge in [0.2, 0.25) is 0 Å². The van der Waals surface area contributed by atoms with Crippen molar-refractivity contribution in [3.8, 4) is 0 Å². The third kappa shape index (κ3) is 2.52. The first-order valence-corrected chi connectivity index (χ1v) is 7.13. The summed E-state index contributed by atoms with van der Waals surface area (Å²) < 4.78 is 0. The van der Waals surface area contributed by atoms with E-state index < -0.39 is 0 Å². The number of benzene rings is 1. The Morgan fingerprint density at radius 1 is 1.05 bits per heavy atom. The Hall–Kier alpha value is -1.34. The predicted molar refractivity (Wildman–Crippen MR) is 81.0 cm³/mol. The molecule has 0 saturated carbocycles. The van der Waals surface area contributed by atoms with Crippen LogP contribution in [-0.2, 0) is 5.41 Å². The Morgan fingerprint density at radius 3 is 2.11 bits per heavy atom. The van der Waals surface area contributed by atoms with Crippen molar-refractivity contribution in [2.45, 2.75) is 32.6 Å². The fourth-order valence-corrected chi connectivity index (χ4v) is 2.74. The highest BCUT2D eigenvalue weighted by atomic mass is 16.3. The summed E-state index contributed by atoms with van der Waals surface area (Å²) in [6, 6.07) is 10.6. The molecule has 1 aromatic carbocycles. The Kier molecular flexibility index (Phi) is 3.96. The lowest BCUT2D eigenvalue weighted by atomic mass is 9.65. The topological polar surface area (TPSA) is 20.2 Å². The maximum absolute atomic E-state index is 9.48. The van der Waals surface area contributed by atoms with Gasteiger partial charge in [-0.05, 0) is 11.5 Å². The molecule has 1 aromatic rings. The van der Waals surface area contributed by atoms with E-state index in [0.29, 0.717) is 5.92 Å².